The molecular weight excluding hydrogens is 1000 g/mol. The molecule has 4 saturated heterocycles. The summed E-state index contributed by atoms with van der Waals surface area (Å²) in [6.45, 7) is 3.95. The number of carboxylic acids is 2. The van der Waals surface area contributed by atoms with Crippen LogP contribution in [-0.2, 0) is 38.4 Å². The first kappa shape index (κ1) is 57.0. The Hall–Kier alpha value is -9.88. The Kier molecular flexibility index (Phi) is 20.9. The molecule has 4 aromatic rings. The predicted octanol–water partition coefficient (Wildman–Crippen LogP) is 3.23. The largest absolute Gasteiger partial charge is 0.486 e. The molecule has 4 aliphatic rings. The minimum Gasteiger partial charge on any atom is -0.486 e. The zero-order chi connectivity index (χ0) is 55.3. The van der Waals surface area contributed by atoms with E-state index in [0.29, 0.717) is 71.4 Å². The number of rotatable bonds is 16. The first-order valence-corrected chi connectivity index (χ1v) is 23.0. The van der Waals surface area contributed by atoms with Crippen LogP contribution in [0.25, 0.3) is 0 Å². The summed E-state index contributed by atoms with van der Waals surface area (Å²) < 4.78 is 20.5. The van der Waals surface area contributed by atoms with E-state index in [1.807, 2.05) is 13.8 Å². The van der Waals surface area contributed by atoms with Gasteiger partial charge in [0.15, 0.2) is 25.8 Å². The normalized spacial score (nSPS) is 15.1. The number of benzene rings is 4. The minimum atomic E-state index is -1.08. The van der Waals surface area contributed by atoms with Crippen LogP contribution in [0.15, 0.2) is 84.9 Å². The fourth-order valence-corrected chi connectivity index (χ4v) is 7.18. The lowest BCUT2D eigenvalue weighted by Gasteiger charge is -2.28. The molecule has 4 heterocycles. The van der Waals surface area contributed by atoms with Crippen LogP contribution in [0.5, 0.6) is 23.0 Å². The number of urea groups is 4. The number of anilines is 4. The van der Waals surface area contributed by atoms with Gasteiger partial charge in [0.25, 0.3) is 0 Å². The molecule has 12 amide bonds. The highest BCUT2D eigenvalue weighted by molar-refractivity contribution is 6.08. The molecule has 76 heavy (non-hydrogen) atoms. The molecule has 0 saturated carbocycles. The Morgan fingerprint density at radius 2 is 0.776 bits per heavy atom. The fourth-order valence-electron chi connectivity index (χ4n) is 7.18. The predicted molar refractivity (Wildman–Crippen MR) is 267 cm³/mol. The minimum absolute atomic E-state index is 0.0336. The molecule has 26 nitrogen and oxygen atoms in total. The zero-order valence-corrected chi connectivity index (χ0v) is 40.9. The second kappa shape index (κ2) is 27.8. The molecule has 0 radical (unpaired) electrons. The van der Waals surface area contributed by atoms with Gasteiger partial charge in [-0.1, -0.05) is 24.3 Å². The number of carbonyl (C=O) groups excluding carboxylic acids is 10. The van der Waals surface area contributed by atoms with E-state index in [9.17, 15) is 57.5 Å². The highest BCUT2D eigenvalue weighted by Gasteiger charge is 2.28. The van der Waals surface area contributed by atoms with Crippen LogP contribution in [-0.4, -0.2) is 135 Å². The first-order chi connectivity index (χ1) is 36.3. The van der Waals surface area contributed by atoms with E-state index < -0.39 is 49.3 Å². The summed E-state index contributed by atoms with van der Waals surface area (Å²) >= 11 is 0. The van der Waals surface area contributed by atoms with Crippen LogP contribution in [0, 0.1) is 13.8 Å². The molecule has 0 unspecified atom stereocenters. The van der Waals surface area contributed by atoms with E-state index in [4.69, 9.17) is 29.2 Å². The molecule has 0 spiro atoms. The molecule has 0 aromatic heterocycles. The molecule has 4 aliphatic heterocycles. The van der Waals surface area contributed by atoms with E-state index in [-0.39, 0.29) is 75.6 Å². The molecule has 400 valence electrons. The van der Waals surface area contributed by atoms with Gasteiger partial charge in [-0.3, -0.25) is 69.6 Å². The quantitative estimate of drug-likeness (QED) is 0.0877. The maximum absolute atomic E-state index is 11.8. The number of aliphatic carboxylic acids is 2. The second-order valence-corrected chi connectivity index (χ2v) is 16.2. The van der Waals surface area contributed by atoms with Crippen molar-refractivity contribution in [2.45, 2.75) is 39.5 Å². The third-order valence-corrected chi connectivity index (χ3v) is 10.8. The molecule has 0 bridgehead atoms. The maximum atomic E-state index is 11.8. The summed E-state index contributed by atoms with van der Waals surface area (Å²) in [7, 11) is 0. The number of nitrogens with one attached hydrogen (secondary N) is 4. The van der Waals surface area contributed by atoms with Crippen LogP contribution < -0.4 is 59.8 Å². The van der Waals surface area contributed by atoms with Gasteiger partial charge in [-0.2, -0.15) is 0 Å². The molecular formula is C50H52N8O18. The van der Waals surface area contributed by atoms with Crippen molar-refractivity contribution in [2.75, 3.05) is 72.2 Å². The number of hydrogen-bond donors (Lipinski definition) is 6. The highest BCUT2D eigenvalue weighted by atomic mass is 16.5. The van der Waals surface area contributed by atoms with Crippen molar-refractivity contribution in [3.63, 3.8) is 0 Å². The number of amides is 12. The SMILES string of the molecule is Cc1ccc(OCC(=O)O)cc1N1CCC(=O)NC1=O.Cc1ccc(OCC=O)cc1N1CCC(=O)NC1=O.O=C(O)COc1cccc(N2CCC(=O)NC2=O)c1.O=CCOc1cccc(N2CCC(=O)NC2=O)c1. The van der Waals surface area contributed by atoms with Gasteiger partial charge in [-0.15, -0.1) is 0 Å². The average Bonchev–Trinajstić information content (AvgIpc) is 3.38. The second-order valence-electron chi connectivity index (χ2n) is 16.2. The van der Waals surface area contributed by atoms with Crippen LogP contribution in [0.3, 0.4) is 0 Å². The van der Waals surface area contributed by atoms with Crippen molar-refractivity contribution < 1.29 is 86.7 Å². The van der Waals surface area contributed by atoms with Gasteiger partial charge in [0.2, 0.25) is 23.6 Å². The number of hydrogen-bond acceptors (Lipinski definition) is 16. The first-order valence-electron chi connectivity index (χ1n) is 23.0. The van der Waals surface area contributed by atoms with Crippen molar-refractivity contribution in [3.05, 3.63) is 96.1 Å². The number of imide groups is 4. The smallest absolute Gasteiger partial charge is 0.341 e. The van der Waals surface area contributed by atoms with Gasteiger partial charge < -0.3 is 29.2 Å². The van der Waals surface area contributed by atoms with Gasteiger partial charge in [0.05, 0.1) is 11.4 Å². The highest BCUT2D eigenvalue weighted by Crippen LogP contribution is 2.29. The van der Waals surface area contributed by atoms with E-state index in [2.05, 4.69) is 21.3 Å². The lowest BCUT2D eigenvalue weighted by Crippen LogP contribution is -2.49. The van der Waals surface area contributed by atoms with Crippen molar-refractivity contribution in [3.8, 4) is 23.0 Å². The summed E-state index contributed by atoms with van der Waals surface area (Å²) in [6, 6.07) is 21.6. The Balaban J connectivity index is 0.000000187. The molecule has 26 heteroatoms. The van der Waals surface area contributed by atoms with E-state index in [1.54, 1.807) is 84.9 Å². The standard InChI is InChI=1S/C13H14N2O5.C13H14N2O4.C12H12N2O5.C12H12N2O4/c1-8-2-3-9(20-7-12(17)18)6-10(8)15-5-4-11(16)14-13(15)19;1-9-2-3-10(19-7-6-16)8-11(9)15-5-4-12(17)14-13(15)18;15-10-4-5-14(12(18)13-10)8-2-1-3-9(6-8)19-7-11(16)17;15-6-7-18-10-3-1-2-9(8-10)14-5-4-11(16)13-12(14)17/h2-3,6H,4-5,7H2,1H3,(H,17,18)(H,14,16,19);2-3,6,8H,4-5,7H2,1H3,(H,14,17,18);1-3,6H,4-5,7H2,(H,16,17)(H,13,15,18);1-3,6,8H,4-5,7H2,(H,13,16,17). The molecule has 4 aromatic carbocycles. The van der Waals surface area contributed by atoms with Crippen LogP contribution >= 0.6 is 0 Å². The van der Waals surface area contributed by atoms with E-state index >= 15 is 0 Å². The lowest BCUT2D eigenvalue weighted by molar-refractivity contribution is -0.140. The molecule has 4 fully saturated rings. The number of aryl methyl sites for hydroxylation is 2. The lowest BCUT2D eigenvalue weighted by atomic mass is 10.1. The zero-order valence-electron chi connectivity index (χ0n) is 40.9. The number of carboxylic acid groups (broad SMARTS) is 2. The van der Waals surface area contributed by atoms with Crippen molar-refractivity contribution in [2.24, 2.45) is 0 Å². The van der Waals surface area contributed by atoms with Gasteiger partial charge in [0, 0.05) is 87.5 Å². The Bertz CT molecular complexity index is 2880. The summed E-state index contributed by atoms with van der Waals surface area (Å²) in [5, 5.41) is 26.1. The van der Waals surface area contributed by atoms with Crippen molar-refractivity contribution in [1.82, 2.24) is 21.3 Å². The monoisotopic (exact) mass is 1050 g/mol. The third kappa shape index (κ3) is 17.1. The van der Waals surface area contributed by atoms with E-state index in [1.165, 1.54) is 19.6 Å². The molecule has 8 rings (SSSR count). The van der Waals surface area contributed by atoms with Crippen molar-refractivity contribution in [1.29, 1.82) is 0 Å². The van der Waals surface area contributed by atoms with Crippen LogP contribution in [0.1, 0.15) is 36.8 Å². The maximum Gasteiger partial charge on any atom is 0.341 e. The number of aldehydes is 2. The average molecular weight is 1050 g/mol. The van der Waals surface area contributed by atoms with Crippen LogP contribution in [0.4, 0.5) is 41.9 Å². The van der Waals surface area contributed by atoms with Gasteiger partial charge in [0.1, 0.15) is 36.2 Å². The molecule has 0 atom stereocenters. The van der Waals surface area contributed by atoms with Crippen molar-refractivity contribution >= 4 is 95.0 Å². The molecule has 6 N–H and O–H groups in total. The topological polar surface area (TPSA) is 343 Å². The summed E-state index contributed by atoms with van der Waals surface area (Å²) in [5.41, 5.74) is 4.17. The van der Waals surface area contributed by atoms with Gasteiger partial charge in [-0.05, 0) is 61.4 Å². The Morgan fingerprint density at radius 3 is 1.11 bits per heavy atom. The number of carbonyl (C=O) groups is 12. The summed E-state index contributed by atoms with van der Waals surface area (Å²) in [5.74, 6) is -1.58. The Labute approximate surface area is 432 Å². The number of nitrogens with zero attached hydrogens (tertiary/aromatic N) is 4. The van der Waals surface area contributed by atoms with Crippen LogP contribution in [0.2, 0.25) is 0 Å². The van der Waals surface area contributed by atoms with E-state index in [0.717, 1.165) is 11.1 Å². The Morgan fingerprint density at radius 1 is 0.461 bits per heavy atom. The van der Waals surface area contributed by atoms with Gasteiger partial charge in [-0.25, -0.2) is 28.8 Å². The number of ether oxygens (including phenoxy) is 4. The third-order valence-electron chi connectivity index (χ3n) is 10.8. The summed E-state index contributed by atoms with van der Waals surface area (Å²) in [4.78, 5) is 138. The van der Waals surface area contributed by atoms with Gasteiger partial charge >= 0.3 is 36.1 Å². The summed E-state index contributed by atoms with van der Waals surface area (Å²) in [6.07, 6.45) is 2.30. The fraction of sp³-hybridized carbons (Fsp3) is 0.280. The molecule has 0 aliphatic carbocycles.